The highest BCUT2D eigenvalue weighted by Gasteiger charge is 2.36. The van der Waals surface area contributed by atoms with Gasteiger partial charge in [-0.2, -0.15) is 0 Å². The summed E-state index contributed by atoms with van der Waals surface area (Å²) in [5.74, 6) is 0.732. The summed E-state index contributed by atoms with van der Waals surface area (Å²) in [6, 6.07) is 52.3. The van der Waals surface area contributed by atoms with E-state index >= 15 is 0 Å². The summed E-state index contributed by atoms with van der Waals surface area (Å²) in [6.45, 7) is 4.68. The minimum absolute atomic E-state index is 0.0216. The van der Waals surface area contributed by atoms with Crippen molar-refractivity contribution in [3.63, 3.8) is 0 Å². The van der Waals surface area contributed by atoms with Gasteiger partial charge in [0.05, 0.1) is 11.2 Å². The number of aromatic nitrogens is 2. The number of benzene rings is 7. The molecule has 0 saturated heterocycles. The molecule has 2 heteroatoms. The molecule has 1 aliphatic carbocycles. The van der Waals surface area contributed by atoms with Gasteiger partial charge < -0.3 is 0 Å². The Kier molecular flexibility index (Phi) is 5.58. The van der Waals surface area contributed by atoms with Gasteiger partial charge in [-0.25, -0.2) is 9.97 Å². The Bertz CT molecular complexity index is 2470. The monoisotopic (exact) mass is 574 g/mol. The minimum atomic E-state index is -0.0216. The molecule has 0 radical (unpaired) electrons. The topological polar surface area (TPSA) is 25.8 Å². The molecule has 0 N–H and O–H groups in total. The fraction of sp³-hybridized carbons (Fsp3) is 0.0698. The zero-order valence-corrected chi connectivity index (χ0v) is 25.3. The van der Waals surface area contributed by atoms with Gasteiger partial charge in [0.2, 0.25) is 0 Å². The summed E-state index contributed by atoms with van der Waals surface area (Å²) in [5, 5.41) is 6.04. The first kappa shape index (κ1) is 25.9. The van der Waals surface area contributed by atoms with Crippen molar-refractivity contribution in [3.05, 3.63) is 157 Å². The first-order valence-corrected chi connectivity index (χ1v) is 15.6. The Morgan fingerprint density at radius 3 is 2.11 bits per heavy atom. The van der Waals surface area contributed by atoms with Crippen LogP contribution in [0.25, 0.3) is 77.3 Å². The average Bonchev–Trinajstić information content (AvgIpc) is 3.33. The van der Waals surface area contributed by atoms with Crippen molar-refractivity contribution in [3.8, 4) is 44.9 Å². The van der Waals surface area contributed by atoms with Gasteiger partial charge in [0.25, 0.3) is 0 Å². The maximum Gasteiger partial charge on any atom is 0.160 e. The molecule has 0 spiro atoms. The third kappa shape index (κ3) is 3.96. The fourth-order valence-electron chi connectivity index (χ4n) is 7.40. The molecule has 8 aromatic rings. The number of hydrogen-bond acceptors (Lipinski definition) is 2. The van der Waals surface area contributed by atoms with Crippen LogP contribution in [0.3, 0.4) is 0 Å². The second kappa shape index (κ2) is 9.70. The van der Waals surface area contributed by atoms with Crippen molar-refractivity contribution in [2.75, 3.05) is 0 Å². The van der Waals surface area contributed by atoms with E-state index in [2.05, 4.69) is 153 Å². The molecule has 0 atom stereocenters. The molecule has 45 heavy (non-hydrogen) atoms. The van der Waals surface area contributed by atoms with Crippen LogP contribution in [-0.4, -0.2) is 9.97 Å². The van der Waals surface area contributed by atoms with E-state index in [9.17, 15) is 0 Å². The van der Waals surface area contributed by atoms with Gasteiger partial charge in [0.15, 0.2) is 5.82 Å². The summed E-state index contributed by atoms with van der Waals surface area (Å²) in [6.07, 6.45) is 0. The lowest BCUT2D eigenvalue weighted by Crippen LogP contribution is -2.14. The maximum atomic E-state index is 5.22. The number of hydrogen-bond donors (Lipinski definition) is 0. The summed E-state index contributed by atoms with van der Waals surface area (Å²) in [7, 11) is 0. The Labute approximate surface area is 262 Å². The summed E-state index contributed by atoms with van der Waals surface area (Å²) in [5.41, 5.74) is 11.9. The van der Waals surface area contributed by atoms with Crippen LogP contribution >= 0.6 is 0 Å². The number of para-hydroxylation sites is 1. The highest BCUT2D eigenvalue weighted by molar-refractivity contribution is 6.08. The summed E-state index contributed by atoms with van der Waals surface area (Å²) in [4.78, 5) is 10.3. The van der Waals surface area contributed by atoms with Crippen LogP contribution < -0.4 is 0 Å². The summed E-state index contributed by atoms with van der Waals surface area (Å²) >= 11 is 0. The quantitative estimate of drug-likeness (QED) is 0.210. The van der Waals surface area contributed by atoms with E-state index in [0.29, 0.717) is 0 Å². The van der Waals surface area contributed by atoms with Crippen LogP contribution in [0.2, 0.25) is 0 Å². The molecular formula is C43H30N2. The van der Waals surface area contributed by atoms with E-state index in [1.807, 2.05) is 6.07 Å². The van der Waals surface area contributed by atoms with Gasteiger partial charge in [-0.05, 0) is 73.1 Å². The zero-order chi connectivity index (χ0) is 30.1. The SMILES string of the molecule is CC1(C)c2ccccc2-c2c1ccc1c(-c3cccc(-c4nc(-c5ccc6ccccc6c5)c5ccccc5n4)c3)cccc21. The van der Waals surface area contributed by atoms with Crippen LogP contribution in [0.4, 0.5) is 0 Å². The Morgan fingerprint density at radius 2 is 1.18 bits per heavy atom. The Hall–Kier alpha value is -5.60. The number of nitrogens with zero attached hydrogens (tertiary/aromatic N) is 2. The van der Waals surface area contributed by atoms with Crippen molar-refractivity contribution in [1.29, 1.82) is 0 Å². The van der Waals surface area contributed by atoms with Crippen LogP contribution in [0.5, 0.6) is 0 Å². The molecule has 0 amide bonds. The molecule has 212 valence electrons. The van der Waals surface area contributed by atoms with E-state index in [-0.39, 0.29) is 5.41 Å². The molecule has 7 aromatic carbocycles. The van der Waals surface area contributed by atoms with Crippen molar-refractivity contribution in [2.24, 2.45) is 0 Å². The van der Waals surface area contributed by atoms with Crippen molar-refractivity contribution in [2.45, 2.75) is 19.3 Å². The lowest BCUT2D eigenvalue weighted by atomic mass is 9.82. The Balaban J connectivity index is 1.21. The number of rotatable bonds is 3. The van der Waals surface area contributed by atoms with Gasteiger partial charge in [-0.1, -0.05) is 141 Å². The van der Waals surface area contributed by atoms with Gasteiger partial charge in [-0.3, -0.25) is 0 Å². The smallest absolute Gasteiger partial charge is 0.160 e. The fourth-order valence-corrected chi connectivity index (χ4v) is 7.40. The highest BCUT2D eigenvalue weighted by Crippen LogP contribution is 2.52. The molecule has 1 aliphatic rings. The first-order chi connectivity index (χ1) is 22.1. The van der Waals surface area contributed by atoms with Crippen LogP contribution in [0.15, 0.2) is 146 Å². The van der Waals surface area contributed by atoms with E-state index in [1.165, 1.54) is 49.4 Å². The van der Waals surface area contributed by atoms with E-state index < -0.39 is 0 Å². The van der Waals surface area contributed by atoms with E-state index in [4.69, 9.17) is 9.97 Å². The summed E-state index contributed by atoms with van der Waals surface area (Å²) < 4.78 is 0. The third-order valence-electron chi connectivity index (χ3n) is 9.66. The zero-order valence-electron chi connectivity index (χ0n) is 25.3. The lowest BCUT2D eigenvalue weighted by Gasteiger charge is -2.21. The van der Waals surface area contributed by atoms with Gasteiger partial charge >= 0.3 is 0 Å². The third-order valence-corrected chi connectivity index (χ3v) is 9.66. The molecule has 0 saturated carbocycles. The predicted molar refractivity (Wildman–Crippen MR) is 188 cm³/mol. The molecule has 9 rings (SSSR count). The van der Waals surface area contributed by atoms with Gasteiger partial charge in [0.1, 0.15) is 0 Å². The minimum Gasteiger partial charge on any atom is -0.228 e. The van der Waals surface area contributed by atoms with Crippen molar-refractivity contribution in [1.82, 2.24) is 9.97 Å². The number of fused-ring (bicyclic) bond motifs is 7. The molecular weight excluding hydrogens is 544 g/mol. The normalized spacial score (nSPS) is 13.3. The van der Waals surface area contributed by atoms with Crippen LogP contribution in [0, 0.1) is 0 Å². The first-order valence-electron chi connectivity index (χ1n) is 15.6. The lowest BCUT2D eigenvalue weighted by molar-refractivity contribution is 0.661. The molecule has 1 aromatic heterocycles. The van der Waals surface area contributed by atoms with Crippen molar-refractivity contribution >= 4 is 32.4 Å². The second-order valence-corrected chi connectivity index (χ2v) is 12.6. The largest absolute Gasteiger partial charge is 0.228 e. The standard InChI is InChI=1S/C43H30N2/c1-43(2)37-19-7-5-15-35(37)40-34-18-10-17-32(33(34)23-24-38(40)43)29-13-9-14-31(26-29)42-44-39-20-8-6-16-36(39)41(45-42)30-22-21-27-11-3-4-12-28(27)25-30/h3-26H,1-2H3. The molecule has 1 heterocycles. The molecule has 0 fully saturated rings. The van der Waals surface area contributed by atoms with Crippen LogP contribution in [-0.2, 0) is 5.41 Å². The molecule has 0 unspecified atom stereocenters. The predicted octanol–water partition coefficient (Wildman–Crippen LogP) is 11.2. The van der Waals surface area contributed by atoms with Crippen molar-refractivity contribution < 1.29 is 0 Å². The molecule has 0 aliphatic heterocycles. The molecule has 0 bridgehead atoms. The average molecular weight is 575 g/mol. The van der Waals surface area contributed by atoms with E-state index in [1.54, 1.807) is 0 Å². The molecule has 2 nitrogen and oxygen atoms in total. The second-order valence-electron chi connectivity index (χ2n) is 12.6. The van der Waals surface area contributed by atoms with Gasteiger partial charge in [0, 0.05) is 21.9 Å². The Morgan fingerprint density at radius 1 is 0.444 bits per heavy atom. The van der Waals surface area contributed by atoms with Gasteiger partial charge in [-0.15, -0.1) is 0 Å². The van der Waals surface area contributed by atoms with E-state index in [0.717, 1.165) is 39.1 Å². The van der Waals surface area contributed by atoms with Crippen LogP contribution in [0.1, 0.15) is 25.0 Å². The maximum absolute atomic E-state index is 5.22. The highest BCUT2D eigenvalue weighted by atomic mass is 14.9.